The van der Waals surface area contributed by atoms with Crippen LogP contribution in [-0.2, 0) is 6.42 Å². The molecule has 0 aliphatic heterocycles. The predicted octanol–water partition coefficient (Wildman–Crippen LogP) is 4.82. The molecule has 0 bridgehead atoms. The van der Waals surface area contributed by atoms with Crippen LogP contribution in [0.4, 0.5) is 0 Å². The lowest BCUT2D eigenvalue weighted by Gasteiger charge is -2.14. The Hall–Kier alpha value is -3.66. The van der Waals surface area contributed by atoms with Gasteiger partial charge in [-0.2, -0.15) is 0 Å². The summed E-state index contributed by atoms with van der Waals surface area (Å²) >= 11 is 0. The van der Waals surface area contributed by atoms with Crippen LogP contribution in [-0.4, -0.2) is 20.7 Å². The lowest BCUT2D eigenvalue weighted by Crippen LogP contribution is -2.08. The average molecular weight is 350 g/mol. The zero-order valence-corrected chi connectivity index (χ0v) is 14.7. The zero-order valence-electron chi connectivity index (χ0n) is 14.7. The summed E-state index contributed by atoms with van der Waals surface area (Å²) in [5.41, 5.74) is 5.61. The van der Waals surface area contributed by atoms with Crippen LogP contribution in [0.2, 0.25) is 0 Å². The summed E-state index contributed by atoms with van der Waals surface area (Å²) in [5, 5.41) is 8.74. The Labute approximate surface area is 158 Å². The normalized spacial score (nSPS) is 10.5. The van der Waals surface area contributed by atoms with Crippen molar-refractivity contribution in [3.05, 3.63) is 103 Å². The van der Waals surface area contributed by atoms with Crippen LogP contribution in [0.5, 0.6) is 0 Å². The summed E-state index contributed by atoms with van der Waals surface area (Å²) in [7, 11) is 0. The highest BCUT2D eigenvalue weighted by atomic mass is 14.8. The molecule has 0 unspecified atom stereocenters. The number of nitrogens with zero attached hydrogens (tertiary/aromatic N) is 3. The van der Waals surface area contributed by atoms with Gasteiger partial charge in [0.1, 0.15) is 0 Å². The third-order valence-corrected chi connectivity index (χ3v) is 4.33. The molecule has 0 spiro atoms. The lowest BCUT2D eigenvalue weighted by atomic mass is 9.94. The first-order chi connectivity index (χ1) is 13.3. The summed E-state index contributed by atoms with van der Waals surface area (Å²) in [6, 6.07) is 23.5. The number of benzene rings is 1. The second-order valence-electron chi connectivity index (χ2n) is 6.15. The molecule has 0 aliphatic rings. The maximum Gasteiger partial charge on any atom is 0.0986 e. The maximum atomic E-state index is 8.74. The van der Waals surface area contributed by atoms with Gasteiger partial charge in [0.15, 0.2) is 0 Å². The van der Waals surface area contributed by atoms with E-state index < -0.39 is 0 Å². The number of hydrogen-bond donors (Lipinski definition) is 1. The highest BCUT2D eigenvalue weighted by Gasteiger charge is 2.18. The van der Waals surface area contributed by atoms with Crippen LogP contribution >= 0.6 is 0 Å². The van der Waals surface area contributed by atoms with E-state index in [9.17, 15) is 0 Å². The van der Waals surface area contributed by atoms with Crippen LogP contribution in [0.15, 0.2) is 91.4 Å². The second-order valence-corrected chi connectivity index (χ2v) is 6.15. The van der Waals surface area contributed by atoms with E-state index in [1.807, 2.05) is 72.8 Å². The molecule has 0 aliphatic carbocycles. The predicted molar refractivity (Wildman–Crippen MR) is 108 cm³/mol. The van der Waals surface area contributed by atoms with E-state index in [2.05, 4.69) is 15.0 Å². The van der Waals surface area contributed by atoms with Crippen molar-refractivity contribution in [2.75, 3.05) is 0 Å². The molecule has 0 atom stereocenters. The van der Waals surface area contributed by atoms with Gasteiger partial charge in [-0.1, -0.05) is 42.5 Å². The van der Waals surface area contributed by atoms with Gasteiger partial charge in [-0.25, -0.2) is 0 Å². The van der Waals surface area contributed by atoms with E-state index in [1.54, 1.807) is 18.6 Å². The summed E-state index contributed by atoms with van der Waals surface area (Å²) in [6.07, 6.45) is 5.80. The van der Waals surface area contributed by atoms with Crippen molar-refractivity contribution in [1.29, 1.82) is 5.41 Å². The Morgan fingerprint density at radius 1 is 0.667 bits per heavy atom. The first-order valence-corrected chi connectivity index (χ1v) is 8.76. The van der Waals surface area contributed by atoms with Gasteiger partial charge in [0.25, 0.3) is 0 Å². The standard InChI is InChI=1S/C23H18N4/c24-19(16-17-8-2-1-3-9-17)18-12-15-27-23(21-11-5-7-14-26-21)22(18)20-10-4-6-13-25-20/h1-15,24H,16H2. The van der Waals surface area contributed by atoms with Crippen molar-refractivity contribution in [1.82, 2.24) is 15.0 Å². The molecule has 27 heavy (non-hydrogen) atoms. The maximum absolute atomic E-state index is 8.74. The van der Waals surface area contributed by atoms with Gasteiger partial charge in [-0.15, -0.1) is 0 Å². The monoisotopic (exact) mass is 350 g/mol. The Bertz CT molecular complexity index is 1050. The Balaban J connectivity index is 1.85. The van der Waals surface area contributed by atoms with Crippen LogP contribution in [0.3, 0.4) is 0 Å². The van der Waals surface area contributed by atoms with Crippen LogP contribution in [0, 0.1) is 5.41 Å². The number of aromatic nitrogens is 3. The van der Waals surface area contributed by atoms with Crippen molar-refractivity contribution in [3.8, 4) is 22.6 Å². The largest absolute Gasteiger partial charge is 0.304 e. The highest BCUT2D eigenvalue weighted by Crippen LogP contribution is 2.31. The van der Waals surface area contributed by atoms with Gasteiger partial charge in [-0.05, 0) is 35.9 Å². The number of nitrogens with one attached hydrogen (secondary N) is 1. The Kier molecular flexibility index (Phi) is 4.79. The lowest BCUT2D eigenvalue weighted by molar-refractivity contribution is 1.21. The molecule has 4 rings (SSSR count). The van der Waals surface area contributed by atoms with Gasteiger partial charge in [0, 0.05) is 41.8 Å². The van der Waals surface area contributed by atoms with Crippen molar-refractivity contribution < 1.29 is 0 Å². The first-order valence-electron chi connectivity index (χ1n) is 8.76. The number of pyridine rings is 3. The molecule has 4 heteroatoms. The fourth-order valence-electron chi connectivity index (χ4n) is 3.08. The molecule has 0 fully saturated rings. The highest BCUT2D eigenvalue weighted by molar-refractivity contribution is 6.06. The van der Waals surface area contributed by atoms with E-state index in [-0.39, 0.29) is 0 Å². The fourth-order valence-corrected chi connectivity index (χ4v) is 3.08. The molecular formula is C23H18N4. The minimum atomic E-state index is 0.529. The minimum Gasteiger partial charge on any atom is -0.304 e. The van der Waals surface area contributed by atoms with E-state index in [0.29, 0.717) is 12.1 Å². The molecule has 1 aromatic carbocycles. The first kappa shape index (κ1) is 16.8. The molecule has 4 aromatic rings. The van der Waals surface area contributed by atoms with Crippen molar-refractivity contribution in [2.24, 2.45) is 0 Å². The molecule has 1 N–H and O–H groups in total. The number of rotatable bonds is 5. The number of hydrogen-bond acceptors (Lipinski definition) is 4. The molecule has 0 saturated heterocycles. The molecule has 4 nitrogen and oxygen atoms in total. The Morgan fingerprint density at radius 3 is 2.00 bits per heavy atom. The quantitative estimate of drug-likeness (QED) is 0.525. The summed E-state index contributed by atoms with van der Waals surface area (Å²) in [4.78, 5) is 13.6. The van der Waals surface area contributed by atoms with Crippen molar-refractivity contribution >= 4 is 5.71 Å². The van der Waals surface area contributed by atoms with Gasteiger partial charge >= 0.3 is 0 Å². The van der Waals surface area contributed by atoms with Crippen LogP contribution < -0.4 is 0 Å². The average Bonchev–Trinajstić information content (AvgIpc) is 2.75. The smallest absolute Gasteiger partial charge is 0.0986 e. The third kappa shape index (κ3) is 3.65. The molecule has 0 amide bonds. The topological polar surface area (TPSA) is 62.5 Å². The van der Waals surface area contributed by atoms with Crippen molar-refractivity contribution in [2.45, 2.75) is 6.42 Å². The molecule has 0 radical (unpaired) electrons. The van der Waals surface area contributed by atoms with Crippen LogP contribution in [0.25, 0.3) is 22.6 Å². The van der Waals surface area contributed by atoms with Gasteiger partial charge in [-0.3, -0.25) is 15.0 Å². The van der Waals surface area contributed by atoms with E-state index in [0.717, 1.165) is 33.8 Å². The van der Waals surface area contributed by atoms with E-state index in [1.165, 1.54) is 0 Å². The summed E-state index contributed by atoms with van der Waals surface area (Å²) < 4.78 is 0. The second kappa shape index (κ2) is 7.70. The SMILES string of the molecule is N=C(Cc1ccccc1)c1ccnc(-c2ccccn2)c1-c1ccccn1. The fraction of sp³-hybridized carbons (Fsp3) is 0.0435. The van der Waals surface area contributed by atoms with Gasteiger partial charge in [0.05, 0.1) is 17.1 Å². The van der Waals surface area contributed by atoms with Crippen LogP contribution in [0.1, 0.15) is 11.1 Å². The molecule has 3 heterocycles. The van der Waals surface area contributed by atoms with Gasteiger partial charge < -0.3 is 5.41 Å². The van der Waals surface area contributed by atoms with E-state index >= 15 is 0 Å². The summed E-state index contributed by atoms with van der Waals surface area (Å²) in [6.45, 7) is 0. The van der Waals surface area contributed by atoms with Gasteiger partial charge in [0.2, 0.25) is 0 Å². The molecule has 3 aromatic heterocycles. The third-order valence-electron chi connectivity index (χ3n) is 4.33. The minimum absolute atomic E-state index is 0.529. The Morgan fingerprint density at radius 2 is 1.33 bits per heavy atom. The molecular weight excluding hydrogens is 332 g/mol. The van der Waals surface area contributed by atoms with E-state index in [4.69, 9.17) is 5.41 Å². The summed E-state index contributed by atoms with van der Waals surface area (Å²) in [5.74, 6) is 0. The van der Waals surface area contributed by atoms with Crippen molar-refractivity contribution in [3.63, 3.8) is 0 Å². The zero-order chi connectivity index (χ0) is 18.5. The molecule has 0 saturated carbocycles. The molecule has 130 valence electrons.